The van der Waals surface area contributed by atoms with Crippen LogP contribution >= 0.6 is 11.3 Å². The molecule has 1 fully saturated rings. The molecule has 2 heterocycles. The van der Waals surface area contributed by atoms with Gasteiger partial charge >= 0.3 is 5.91 Å². The van der Waals surface area contributed by atoms with E-state index in [1.54, 1.807) is 37.3 Å². The number of ketones is 2. The molecule has 3 aromatic rings. The van der Waals surface area contributed by atoms with E-state index in [0.29, 0.717) is 27.4 Å². The van der Waals surface area contributed by atoms with E-state index in [2.05, 4.69) is 4.98 Å². The highest BCUT2D eigenvalue weighted by Crippen LogP contribution is 2.44. The number of hydrogen-bond donors (Lipinski definition) is 1. The molecule has 0 aliphatic carbocycles. The van der Waals surface area contributed by atoms with E-state index in [0.717, 1.165) is 22.5 Å². The fraction of sp³-hybridized carbons (Fsp3) is 0.231. The van der Waals surface area contributed by atoms with Gasteiger partial charge in [0.05, 0.1) is 29.3 Å². The first kappa shape index (κ1) is 23.4. The minimum atomic E-state index is -0.944. The zero-order valence-corrected chi connectivity index (χ0v) is 20.3. The third kappa shape index (κ3) is 3.90. The summed E-state index contributed by atoms with van der Waals surface area (Å²) in [6.45, 7) is 6.83. The lowest BCUT2D eigenvalue weighted by Crippen LogP contribution is -2.29. The van der Waals surface area contributed by atoms with Crippen LogP contribution in [0.15, 0.2) is 48.0 Å². The number of aliphatic hydroxyl groups is 1. The Hall–Kier alpha value is -3.78. The van der Waals surface area contributed by atoms with E-state index in [1.165, 1.54) is 18.9 Å². The van der Waals surface area contributed by atoms with Crippen molar-refractivity contribution in [2.75, 3.05) is 12.0 Å². The number of aliphatic hydroxyl groups excluding tert-OH is 1. The Morgan fingerprint density at radius 3 is 2.50 bits per heavy atom. The van der Waals surface area contributed by atoms with Crippen LogP contribution in [0.2, 0.25) is 0 Å². The van der Waals surface area contributed by atoms with E-state index in [9.17, 15) is 19.5 Å². The molecule has 0 radical (unpaired) electrons. The first-order chi connectivity index (χ1) is 16.1. The first-order valence-electron chi connectivity index (χ1n) is 10.6. The van der Waals surface area contributed by atoms with E-state index in [4.69, 9.17) is 4.74 Å². The number of Topliss-reactive ketones (excluding diaryl/α,β-unsaturated/α-hetero) is 2. The summed E-state index contributed by atoms with van der Waals surface area (Å²) in [6, 6.07) is 11.6. The summed E-state index contributed by atoms with van der Waals surface area (Å²) in [6.07, 6.45) is 0. The van der Waals surface area contributed by atoms with Gasteiger partial charge in [-0.05, 0) is 50.1 Å². The fourth-order valence-electron chi connectivity index (χ4n) is 4.10. The maximum Gasteiger partial charge on any atom is 0.301 e. The quantitative estimate of drug-likeness (QED) is 0.243. The van der Waals surface area contributed by atoms with Crippen LogP contribution in [0.25, 0.3) is 5.76 Å². The number of aromatic nitrogens is 1. The molecular weight excluding hydrogens is 452 g/mol. The summed E-state index contributed by atoms with van der Waals surface area (Å²) >= 11 is 1.05. The number of carbonyl (C=O) groups excluding carboxylic acids is 3. The van der Waals surface area contributed by atoms with Crippen molar-refractivity contribution in [3.63, 3.8) is 0 Å². The van der Waals surface area contributed by atoms with Crippen molar-refractivity contribution in [2.24, 2.45) is 0 Å². The highest BCUT2D eigenvalue weighted by molar-refractivity contribution is 7.18. The van der Waals surface area contributed by atoms with Gasteiger partial charge in [-0.25, -0.2) is 4.98 Å². The van der Waals surface area contributed by atoms with E-state index >= 15 is 0 Å². The minimum absolute atomic E-state index is 0.0378. The molecule has 1 unspecified atom stereocenters. The van der Waals surface area contributed by atoms with Crippen LogP contribution in [0, 0.1) is 20.8 Å². The molecule has 7 nitrogen and oxygen atoms in total. The van der Waals surface area contributed by atoms with Gasteiger partial charge < -0.3 is 9.84 Å². The van der Waals surface area contributed by atoms with Crippen LogP contribution < -0.4 is 9.64 Å². The van der Waals surface area contributed by atoms with Crippen molar-refractivity contribution < 1.29 is 24.2 Å². The summed E-state index contributed by atoms with van der Waals surface area (Å²) in [5.41, 5.74) is 3.16. The van der Waals surface area contributed by atoms with Crippen molar-refractivity contribution in [3.05, 3.63) is 80.9 Å². The smallest absolute Gasteiger partial charge is 0.301 e. The Bertz CT molecular complexity index is 1370. The zero-order chi connectivity index (χ0) is 24.7. The molecule has 1 atom stereocenters. The number of anilines is 1. The molecule has 1 aliphatic rings. The lowest BCUT2D eigenvalue weighted by atomic mass is 9.93. The maximum absolute atomic E-state index is 13.3. The molecule has 174 valence electrons. The van der Waals surface area contributed by atoms with Gasteiger partial charge in [0.15, 0.2) is 10.9 Å². The Labute approximate surface area is 201 Å². The first-order valence-corrected chi connectivity index (χ1v) is 11.5. The average Bonchev–Trinajstić information content (AvgIpc) is 3.32. The molecule has 0 bridgehead atoms. The van der Waals surface area contributed by atoms with Crippen molar-refractivity contribution in [3.8, 4) is 5.75 Å². The predicted octanol–water partition coefficient (Wildman–Crippen LogP) is 4.91. The van der Waals surface area contributed by atoms with Crippen molar-refractivity contribution >= 4 is 39.7 Å². The monoisotopic (exact) mass is 476 g/mol. The molecule has 1 aromatic heterocycles. The number of benzene rings is 2. The van der Waals surface area contributed by atoms with Crippen LogP contribution in [0.1, 0.15) is 50.6 Å². The summed E-state index contributed by atoms with van der Waals surface area (Å²) < 4.78 is 5.35. The number of methoxy groups -OCH3 is 1. The van der Waals surface area contributed by atoms with Gasteiger partial charge in [-0.15, -0.1) is 0 Å². The number of carbonyl (C=O) groups is 3. The molecule has 8 heteroatoms. The second-order valence-electron chi connectivity index (χ2n) is 8.23. The van der Waals surface area contributed by atoms with Gasteiger partial charge in [0.1, 0.15) is 11.5 Å². The topological polar surface area (TPSA) is 96.8 Å². The third-order valence-corrected chi connectivity index (χ3v) is 7.07. The standard InChI is InChI=1S/C26H24N2O5S/c1-13-9-10-14(2)19(11-13)22(30)20-21(17-7-6-8-18(12-17)33-5)28(25(32)23(20)31)26-27-15(3)24(34-26)16(4)29/h6-12,21,30H,1-5H3/b22-20+. The molecule has 1 saturated heterocycles. The number of amides is 1. The molecule has 2 aromatic carbocycles. The van der Waals surface area contributed by atoms with Crippen LogP contribution in [-0.4, -0.2) is 34.7 Å². The average molecular weight is 477 g/mol. The Kier molecular flexibility index (Phi) is 6.10. The van der Waals surface area contributed by atoms with E-state index in [1.807, 2.05) is 26.0 Å². The molecule has 4 rings (SSSR count). The Morgan fingerprint density at radius 1 is 1.12 bits per heavy atom. The molecule has 1 N–H and O–H groups in total. The maximum atomic E-state index is 13.3. The lowest BCUT2D eigenvalue weighted by molar-refractivity contribution is -0.132. The highest BCUT2D eigenvalue weighted by Gasteiger charge is 2.48. The molecule has 1 aliphatic heterocycles. The molecule has 0 spiro atoms. The highest BCUT2D eigenvalue weighted by atomic mass is 32.1. The van der Waals surface area contributed by atoms with Crippen LogP contribution in [0.4, 0.5) is 5.13 Å². The van der Waals surface area contributed by atoms with Crippen molar-refractivity contribution in [1.29, 1.82) is 0 Å². The van der Waals surface area contributed by atoms with E-state index < -0.39 is 17.7 Å². The summed E-state index contributed by atoms with van der Waals surface area (Å²) in [4.78, 5) is 44.8. The Balaban J connectivity index is 2.00. The Morgan fingerprint density at radius 2 is 1.85 bits per heavy atom. The molecular formula is C26H24N2O5S. The number of rotatable bonds is 5. The second kappa shape index (κ2) is 8.87. The number of ether oxygens (including phenoxy) is 1. The van der Waals surface area contributed by atoms with Crippen LogP contribution in [0.5, 0.6) is 5.75 Å². The zero-order valence-electron chi connectivity index (χ0n) is 19.5. The minimum Gasteiger partial charge on any atom is -0.507 e. The normalized spacial score (nSPS) is 17.3. The van der Waals surface area contributed by atoms with Crippen LogP contribution in [-0.2, 0) is 9.59 Å². The van der Waals surface area contributed by atoms with Gasteiger partial charge in [0, 0.05) is 12.5 Å². The van der Waals surface area contributed by atoms with E-state index in [-0.39, 0.29) is 22.2 Å². The predicted molar refractivity (Wildman–Crippen MR) is 131 cm³/mol. The number of nitrogens with zero attached hydrogens (tertiary/aromatic N) is 2. The fourth-order valence-corrected chi connectivity index (χ4v) is 5.09. The largest absolute Gasteiger partial charge is 0.507 e. The molecule has 1 amide bonds. The summed E-state index contributed by atoms with van der Waals surface area (Å²) in [5, 5.41) is 11.6. The molecule has 34 heavy (non-hydrogen) atoms. The molecule has 0 saturated carbocycles. The van der Waals surface area contributed by atoms with Gasteiger partial charge in [-0.3, -0.25) is 19.3 Å². The third-order valence-electron chi connectivity index (χ3n) is 5.81. The van der Waals surface area contributed by atoms with Gasteiger partial charge in [0.25, 0.3) is 5.78 Å². The summed E-state index contributed by atoms with van der Waals surface area (Å²) in [7, 11) is 1.52. The lowest BCUT2D eigenvalue weighted by Gasteiger charge is -2.23. The number of hydrogen-bond acceptors (Lipinski definition) is 7. The number of thiazole rings is 1. The van der Waals surface area contributed by atoms with Crippen molar-refractivity contribution in [1.82, 2.24) is 4.98 Å². The van der Waals surface area contributed by atoms with Gasteiger partial charge in [-0.1, -0.05) is 41.2 Å². The summed E-state index contributed by atoms with van der Waals surface area (Å²) in [5.74, 6) is -1.53. The second-order valence-corrected chi connectivity index (χ2v) is 9.21. The van der Waals surface area contributed by atoms with Crippen molar-refractivity contribution in [2.45, 2.75) is 33.7 Å². The number of aryl methyl sites for hydroxylation is 3. The van der Waals surface area contributed by atoms with Gasteiger partial charge in [-0.2, -0.15) is 0 Å². The van der Waals surface area contributed by atoms with Crippen LogP contribution in [0.3, 0.4) is 0 Å². The SMILES string of the molecule is COc1cccc(C2/C(=C(\O)c3cc(C)ccc3C)C(=O)C(=O)N2c2nc(C)c(C(C)=O)s2)c1. The van der Waals surface area contributed by atoms with Gasteiger partial charge in [0.2, 0.25) is 0 Å².